The van der Waals surface area contributed by atoms with E-state index in [9.17, 15) is 4.79 Å². The molecule has 0 saturated heterocycles. The number of oxazole rings is 1. The van der Waals surface area contributed by atoms with Gasteiger partial charge in [0.1, 0.15) is 11.5 Å². The van der Waals surface area contributed by atoms with Crippen LogP contribution in [0.4, 0.5) is 0 Å². The molecule has 2 aromatic heterocycles. The molecule has 0 aliphatic rings. The molecule has 4 rings (SSSR count). The second-order valence-corrected chi connectivity index (χ2v) is 7.98. The Balaban J connectivity index is 1.52. The smallest absolute Gasteiger partial charge is 0.251 e. The van der Waals surface area contributed by atoms with Gasteiger partial charge in [-0.1, -0.05) is 41.4 Å². The molecule has 1 N–H and O–H groups in total. The molecule has 1 amide bonds. The van der Waals surface area contributed by atoms with Crippen LogP contribution in [0.2, 0.25) is 10.0 Å². The van der Waals surface area contributed by atoms with Gasteiger partial charge in [-0.05, 0) is 57.0 Å². The highest BCUT2D eigenvalue weighted by Crippen LogP contribution is 2.35. The number of rotatable bonds is 6. The zero-order valence-corrected chi connectivity index (χ0v) is 18.2. The van der Waals surface area contributed by atoms with Crippen molar-refractivity contribution < 1.29 is 9.21 Å². The number of hydrogen-bond donors (Lipinski definition) is 1. The molecule has 0 bridgehead atoms. The molecule has 2 aromatic carbocycles. The Labute approximate surface area is 184 Å². The minimum Gasteiger partial charge on any atom is -0.441 e. The molecule has 5 nitrogen and oxygen atoms in total. The van der Waals surface area contributed by atoms with Gasteiger partial charge < -0.3 is 9.73 Å². The van der Waals surface area contributed by atoms with Crippen molar-refractivity contribution in [2.24, 2.45) is 0 Å². The van der Waals surface area contributed by atoms with Gasteiger partial charge in [0.05, 0.1) is 10.7 Å². The molecule has 0 spiro atoms. The van der Waals surface area contributed by atoms with E-state index in [1.807, 2.05) is 38.1 Å². The summed E-state index contributed by atoms with van der Waals surface area (Å²) in [7, 11) is 0. The van der Waals surface area contributed by atoms with Gasteiger partial charge in [-0.3, -0.25) is 4.79 Å². The summed E-state index contributed by atoms with van der Waals surface area (Å²) in [6.07, 6.45) is 1.52. The quantitative estimate of drug-likeness (QED) is 0.380. The zero-order chi connectivity index (χ0) is 21.3. The highest BCUT2D eigenvalue weighted by Gasteiger charge is 2.21. The van der Waals surface area contributed by atoms with E-state index in [4.69, 9.17) is 27.6 Å². The molecule has 0 unspecified atom stereocenters. The van der Waals surface area contributed by atoms with Crippen molar-refractivity contribution in [3.63, 3.8) is 0 Å². The SMILES string of the molecule is Cc1nn2c(-c3ccc(Cl)cc3Cl)c(C)oc2c1CCCNC(=O)c1ccccc1. The maximum Gasteiger partial charge on any atom is 0.251 e. The van der Waals surface area contributed by atoms with E-state index in [2.05, 4.69) is 10.4 Å². The van der Waals surface area contributed by atoms with Crippen LogP contribution in [-0.2, 0) is 6.42 Å². The van der Waals surface area contributed by atoms with Crippen molar-refractivity contribution in [3.8, 4) is 11.3 Å². The second-order valence-electron chi connectivity index (χ2n) is 7.14. The number of aryl methyl sites for hydroxylation is 3. The Morgan fingerprint density at radius 1 is 1.13 bits per heavy atom. The Morgan fingerprint density at radius 2 is 1.90 bits per heavy atom. The van der Waals surface area contributed by atoms with Gasteiger partial charge in [0.15, 0.2) is 0 Å². The van der Waals surface area contributed by atoms with Crippen LogP contribution in [0.25, 0.3) is 17.0 Å². The van der Waals surface area contributed by atoms with Crippen molar-refractivity contribution in [3.05, 3.63) is 81.2 Å². The molecular weight excluding hydrogens is 421 g/mol. The van der Waals surface area contributed by atoms with Crippen molar-refractivity contribution in [1.29, 1.82) is 0 Å². The van der Waals surface area contributed by atoms with E-state index in [-0.39, 0.29) is 5.91 Å². The molecule has 7 heteroatoms. The third-order valence-electron chi connectivity index (χ3n) is 5.04. The summed E-state index contributed by atoms with van der Waals surface area (Å²) in [5.41, 5.74) is 4.94. The molecule has 4 aromatic rings. The Morgan fingerprint density at radius 3 is 2.63 bits per heavy atom. The van der Waals surface area contributed by atoms with Crippen LogP contribution in [0, 0.1) is 13.8 Å². The first-order valence-electron chi connectivity index (χ1n) is 9.72. The Bertz CT molecular complexity index is 1210. The number of halogens is 2. The predicted molar refractivity (Wildman–Crippen MR) is 119 cm³/mol. The van der Waals surface area contributed by atoms with E-state index in [1.165, 1.54) is 0 Å². The summed E-state index contributed by atoms with van der Waals surface area (Å²) >= 11 is 12.5. The van der Waals surface area contributed by atoms with Crippen molar-refractivity contribution in [2.75, 3.05) is 6.54 Å². The van der Waals surface area contributed by atoms with Crippen LogP contribution in [0.5, 0.6) is 0 Å². The topological polar surface area (TPSA) is 59.5 Å². The highest BCUT2D eigenvalue weighted by molar-refractivity contribution is 6.36. The standard InChI is InChI=1S/C23H21Cl2N3O2/c1-14-18(9-6-12-26-22(29)16-7-4-3-5-8-16)23-28(27-14)21(15(2)30-23)19-11-10-17(24)13-20(19)25/h3-5,7-8,10-11,13H,6,9,12H2,1-2H3,(H,26,29). The van der Waals surface area contributed by atoms with E-state index in [0.29, 0.717) is 27.9 Å². The number of aromatic nitrogens is 2. The lowest BCUT2D eigenvalue weighted by Gasteiger charge is -2.04. The Kier molecular flexibility index (Phi) is 5.84. The van der Waals surface area contributed by atoms with Crippen LogP contribution in [0.3, 0.4) is 0 Å². The average Bonchev–Trinajstić information content (AvgIpc) is 3.19. The van der Waals surface area contributed by atoms with Crippen LogP contribution in [-0.4, -0.2) is 22.1 Å². The van der Waals surface area contributed by atoms with Gasteiger partial charge in [0.25, 0.3) is 5.91 Å². The largest absolute Gasteiger partial charge is 0.441 e. The van der Waals surface area contributed by atoms with Gasteiger partial charge in [-0.2, -0.15) is 9.61 Å². The van der Waals surface area contributed by atoms with Gasteiger partial charge in [0.2, 0.25) is 5.71 Å². The molecule has 0 fully saturated rings. The number of hydrogen-bond acceptors (Lipinski definition) is 3. The van der Waals surface area contributed by atoms with E-state index < -0.39 is 0 Å². The fourth-order valence-corrected chi connectivity index (χ4v) is 4.07. The number of fused-ring (bicyclic) bond motifs is 1. The van der Waals surface area contributed by atoms with E-state index in [0.717, 1.165) is 41.1 Å². The summed E-state index contributed by atoms with van der Waals surface area (Å²) < 4.78 is 7.86. The highest BCUT2D eigenvalue weighted by atomic mass is 35.5. The molecule has 0 aliphatic heterocycles. The lowest BCUT2D eigenvalue weighted by Crippen LogP contribution is -2.24. The molecule has 0 radical (unpaired) electrons. The lowest BCUT2D eigenvalue weighted by molar-refractivity contribution is 0.0953. The average molecular weight is 442 g/mol. The fourth-order valence-electron chi connectivity index (χ4n) is 3.57. The summed E-state index contributed by atoms with van der Waals surface area (Å²) in [6.45, 7) is 4.43. The van der Waals surface area contributed by atoms with Crippen LogP contribution < -0.4 is 5.32 Å². The molecule has 154 valence electrons. The summed E-state index contributed by atoms with van der Waals surface area (Å²) in [6, 6.07) is 14.6. The molecule has 2 heterocycles. The number of carbonyl (C=O) groups excluding carboxylic acids is 1. The second kappa shape index (κ2) is 8.54. The monoisotopic (exact) mass is 441 g/mol. The molecule has 0 atom stereocenters. The number of nitrogens with one attached hydrogen (secondary N) is 1. The molecule has 30 heavy (non-hydrogen) atoms. The first kappa shape index (κ1) is 20.5. The maximum absolute atomic E-state index is 12.2. The summed E-state index contributed by atoms with van der Waals surface area (Å²) in [5.74, 6) is 0.668. The third-order valence-corrected chi connectivity index (χ3v) is 5.59. The van der Waals surface area contributed by atoms with Gasteiger partial charge in [-0.25, -0.2) is 0 Å². The van der Waals surface area contributed by atoms with Gasteiger partial charge >= 0.3 is 0 Å². The van der Waals surface area contributed by atoms with Gasteiger partial charge in [0, 0.05) is 28.3 Å². The zero-order valence-electron chi connectivity index (χ0n) is 16.7. The normalized spacial score (nSPS) is 11.2. The first-order valence-corrected chi connectivity index (χ1v) is 10.5. The molecule has 0 aliphatic carbocycles. The van der Waals surface area contributed by atoms with Gasteiger partial charge in [-0.15, -0.1) is 0 Å². The van der Waals surface area contributed by atoms with Crippen molar-refractivity contribution in [1.82, 2.24) is 14.9 Å². The van der Waals surface area contributed by atoms with Crippen LogP contribution in [0.15, 0.2) is 52.9 Å². The number of amides is 1. The van der Waals surface area contributed by atoms with Crippen LogP contribution in [0.1, 0.15) is 33.8 Å². The molecule has 0 saturated carbocycles. The van der Waals surface area contributed by atoms with Crippen molar-refractivity contribution in [2.45, 2.75) is 26.7 Å². The Hall–Kier alpha value is -2.76. The van der Waals surface area contributed by atoms with E-state index in [1.54, 1.807) is 28.8 Å². The summed E-state index contributed by atoms with van der Waals surface area (Å²) in [5, 5.41) is 8.76. The number of benzene rings is 2. The number of nitrogens with zero attached hydrogens (tertiary/aromatic N) is 2. The third kappa shape index (κ3) is 3.95. The molecular formula is C23H21Cl2N3O2. The van der Waals surface area contributed by atoms with Crippen LogP contribution >= 0.6 is 23.2 Å². The van der Waals surface area contributed by atoms with E-state index >= 15 is 0 Å². The maximum atomic E-state index is 12.2. The number of carbonyl (C=O) groups is 1. The minimum atomic E-state index is -0.0685. The fraction of sp³-hybridized carbons (Fsp3) is 0.217. The predicted octanol–water partition coefficient (Wildman–Crippen LogP) is 5.88. The summed E-state index contributed by atoms with van der Waals surface area (Å²) in [4.78, 5) is 12.2. The van der Waals surface area contributed by atoms with Crippen molar-refractivity contribution >= 4 is 34.8 Å². The minimum absolute atomic E-state index is 0.0685. The lowest BCUT2D eigenvalue weighted by atomic mass is 10.1. The first-order chi connectivity index (χ1) is 14.5.